The second kappa shape index (κ2) is 8.57. The maximum atomic E-state index is 13.0. The van der Waals surface area contributed by atoms with Crippen LogP contribution in [0.25, 0.3) is 16.5 Å². The molecule has 0 bridgehead atoms. The molecule has 0 aliphatic rings. The molecule has 8 heteroatoms. The molecule has 0 fully saturated rings. The van der Waals surface area contributed by atoms with Crippen LogP contribution in [0.4, 0.5) is 0 Å². The summed E-state index contributed by atoms with van der Waals surface area (Å²) in [6.07, 6.45) is 1.78. The number of thioether (sulfide) groups is 1. The molecule has 3 heterocycles. The Hall–Kier alpha value is -2.71. The molecule has 3 aromatic heterocycles. The Balaban J connectivity index is 1.55. The van der Waals surface area contributed by atoms with E-state index in [1.807, 2.05) is 42.0 Å². The Labute approximate surface area is 184 Å². The van der Waals surface area contributed by atoms with Crippen LogP contribution in [0.5, 0.6) is 0 Å². The lowest BCUT2D eigenvalue weighted by atomic mass is 10.1. The smallest absolute Gasteiger partial charge is 0.193 e. The lowest BCUT2D eigenvalue weighted by molar-refractivity contribution is 0.102. The van der Waals surface area contributed by atoms with Gasteiger partial charge in [0.25, 0.3) is 0 Å². The van der Waals surface area contributed by atoms with Crippen molar-refractivity contribution in [3.8, 4) is 16.5 Å². The van der Waals surface area contributed by atoms with E-state index in [-0.39, 0.29) is 5.78 Å². The largest absolute Gasteiger partial charge is 0.302 e. The van der Waals surface area contributed by atoms with Crippen molar-refractivity contribution < 1.29 is 4.79 Å². The van der Waals surface area contributed by atoms with Crippen LogP contribution in [0, 0.1) is 20.8 Å². The van der Waals surface area contributed by atoms with Gasteiger partial charge in [0.2, 0.25) is 0 Å². The first-order valence-electron chi connectivity index (χ1n) is 9.74. The topological polar surface area (TPSA) is 65.6 Å². The number of nitrogens with zero attached hydrogens (tertiary/aromatic N) is 5. The molecule has 4 rings (SSSR count). The van der Waals surface area contributed by atoms with E-state index in [0.29, 0.717) is 5.75 Å². The number of hydrogen-bond acceptors (Lipinski definition) is 6. The molecule has 0 unspecified atom stereocenters. The minimum Gasteiger partial charge on any atom is -0.302 e. The molecule has 0 saturated carbocycles. The first-order chi connectivity index (χ1) is 14.5. The number of hydrogen-bond donors (Lipinski definition) is 0. The van der Waals surface area contributed by atoms with Gasteiger partial charge in [-0.1, -0.05) is 35.5 Å². The molecule has 6 nitrogen and oxygen atoms in total. The van der Waals surface area contributed by atoms with Crippen molar-refractivity contribution in [2.75, 3.05) is 5.75 Å². The predicted octanol–water partition coefficient (Wildman–Crippen LogP) is 5.11. The molecule has 0 N–H and O–H groups in total. The quantitative estimate of drug-likeness (QED) is 0.297. The zero-order valence-electron chi connectivity index (χ0n) is 17.4. The van der Waals surface area contributed by atoms with Crippen molar-refractivity contribution in [3.63, 3.8) is 0 Å². The van der Waals surface area contributed by atoms with Gasteiger partial charge in [-0.2, -0.15) is 0 Å². The van der Waals surface area contributed by atoms with Gasteiger partial charge in [-0.05, 0) is 39.8 Å². The highest BCUT2D eigenvalue weighted by Gasteiger charge is 2.20. The maximum absolute atomic E-state index is 13.0. The van der Waals surface area contributed by atoms with Crippen molar-refractivity contribution in [2.24, 2.45) is 0 Å². The van der Waals surface area contributed by atoms with Gasteiger partial charge in [-0.25, -0.2) is 4.98 Å². The third-order valence-corrected chi connectivity index (χ3v) is 6.71. The van der Waals surface area contributed by atoms with E-state index in [9.17, 15) is 4.79 Å². The van der Waals surface area contributed by atoms with E-state index in [0.717, 1.165) is 45.2 Å². The second-order valence-corrected chi connectivity index (χ2v) is 8.88. The summed E-state index contributed by atoms with van der Waals surface area (Å²) in [5, 5.41) is 12.3. The summed E-state index contributed by atoms with van der Waals surface area (Å²) in [6.45, 7) is 8.84. The summed E-state index contributed by atoms with van der Waals surface area (Å²) in [4.78, 5) is 17.4. The summed E-state index contributed by atoms with van der Waals surface area (Å²) in [5.74, 6) is 1.23. The predicted molar refractivity (Wildman–Crippen MR) is 122 cm³/mol. The van der Waals surface area contributed by atoms with Crippen LogP contribution in [0.15, 0.2) is 47.1 Å². The molecule has 0 spiro atoms. The molecule has 0 aliphatic carbocycles. The minimum atomic E-state index is 0.0821. The molecule has 4 aromatic rings. The van der Waals surface area contributed by atoms with E-state index >= 15 is 0 Å². The van der Waals surface area contributed by atoms with Crippen LogP contribution in [-0.4, -0.2) is 35.9 Å². The molecule has 0 atom stereocenters. The fourth-order valence-electron chi connectivity index (χ4n) is 3.55. The van der Waals surface area contributed by atoms with Crippen molar-refractivity contribution in [2.45, 2.75) is 39.4 Å². The summed E-state index contributed by atoms with van der Waals surface area (Å²) >= 11 is 2.99. The van der Waals surface area contributed by atoms with Crippen LogP contribution in [0.3, 0.4) is 0 Å². The van der Waals surface area contributed by atoms with E-state index < -0.39 is 0 Å². The van der Waals surface area contributed by atoms with Crippen LogP contribution in [0.2, 0.25) is 0 Å². The SMILES string of the molecule is CCn1c(SCC(=O)c2cc(C)n(-c3nccs3)c2C)nnc1-c1cccc(C)c1. The van der Waals surface area contributed by atoms with Gasteiger partial charge >= 0.3 is 0 Å². The first kappa shape index (κ1) is 20.6. The Morgan fingerprint density at radius 3 is 2.70 bits per heavy atom. The van der Waals surface area contributed by atoms with Crippen molar-refractivity contribution in [1.29, 1.82) is 0 Å². The standard InChI is InChI=1S/C22H23N5OS2/c1-5-26-20(17-8-6-7-14(2)11-17)24-25-22(26)30-13-19(28)18-12-15(3)27(16(18)4)21-23-9-10-29-21/h6-12H,5,13H2,1-4H3. The van der Waals surface area contributed by atoms with Gasteiger partial charge in [0, 0.05) is 40.6 Å². The maximum Gasteiger partial charge on any atom is 0.193 e. The molecule has 30 heavy (non-hydrogen) atoms. The van der Waals surface area contributed by atoms with Crippen molar-refractivity contribution >= 4 is 28.9 Å². The Morgan fingerprint density at radius 2 is 2.00 bits per heavy atom. The summed E-state index contributed by atoms with van der Waals surface area (Å²) in [7, 11) is 0. The highest BCUT2D eigenvalue weighted by atomic mass is 32.2. The molecule has 0 saturated heterocycles. The van der Waals surface area contributed by atoms with E-state index in [1.54, 1.807) is 17.5 Å². The van der Waals surface area contributed by atoms with Gasteiger partial charge in [-0.15, -0.1) is 21.5 Å². The average molecular weight is 438 g/mol. The van der Waals surface area contributed by atoms with Crippen LogP contribution in [-0.2, 0) is 6.54 Å². The van der Waals surface area contributed by atoms with Crippen LogP contribution in [0.1, 0.15) is 34.2 Å². The molecule has 154 valence electrons. The number of aromatic nitrogens is 5. The number of Topliss-reactive ketones (excluding diaryl/α,β-unsaturated/α-hetero) is 1. The molecular weight excluding hydrogens is 414 g/mol. The third kappa shape index (κ3) is 3.85. The fourth-order valence-corrected chi connectivity index (χ4v) is 5.19. The molecule has 1 aromatic carbocycles. The Bertz CT molecular complexity index is 1190. The lowest BCUT2D eigenvalue weighted by Gasteiger charge is -2.08. The number of carbonyl (C=O) groups excluding carboxylic acids is 1. The highest BCUT2D eigenvalue weighted by Crippen LogP contribution is 2.27. The van der Waals surface area contributed by atoms with E-state index in [4.69, 9.17) is 0 Å². The first-order valence-corrected chi connectivity index (χ1v) is 11.6. The molecule has 0 amide bonds. The molecule has 0 aliphatic heterocycles. The normalized spacial score (nSPS) is 11.2. The number of carbonyl (C=O) groups is 1. The lowest BCUT2D eigenvalue weighted by Crippen LogP contribution is -2.07. The zero-order chi connectivity index (χ0) is 21.3. The van der Waals surface area contributed by atoms with Gasteiger partial charge < -0.3 is 4.57 Å². The van der Waals surface area contributed by atoms with Crippen LogP contribution < -0.4 is 0 Å². The highest BCUT2D eigenvalue weighted by molar-refractivity contribution is 7.99. The minimum absolute atomic E-state index is 0.0821. The van der Waals surface area contributed by atoms with Gasteiger partial charge in [-0.3, -0.25) is 9.36 Å². The zero-order valence-corrected chi connectivity index (χ0v) is 19.0. The Kier molecular flexibility index (Phi) is 5.87. The monoisotopic (exact) mass is 437 g/mol. The number of thiazole rings is 1. The number of ketones is 1. The van der Waals surface area contributed by atoms with Gasteiger partial charge in [0.1, 0.15) is 0 Å². The van der Waals surface area contributed by atoms with Crippen molar-refractivity contribution in [3.05, 3.63) is 64.4 Å². The second-order valence-electron chi connectivity index (χ2n) is 7.07. The van der Waals surface area contributed by atoms with Gasteiger partial charge in [0.05, 0.1) is 5.75 Å². The van der Waals surface area contributed by atoms with Crippen LogP contribution >= 0.6 is 23.1 Å². The van der Waals surface area contributed by atoms with E-state index in [2.05, 4.69) is 45.7 Å². The van der Waals surface area contributed by atoms with Gasteiger partial charge in [0.15, 0.2) is 21.9 Å². The number of rotatable bonds is 7. The fraction of sp³-hybridized carbons (Fsp3) is 0.273. The average Bonchev–Trinajstić information content (AvgIpc) is 3.45. The van der Waals surface area contributed by atoms with Crippen molar-refractivity contribution in [1.82, 2.24) is 24.3 Å². The molecule has 0 radical (unpaired) electrons. The summed E-state index contributed by atoms with van der Waals surface area (Å²) < 4.78 is 4.10. The number of benzene rings is 1. The molecular formula is C22H23N5OS2. The Morgan fingerprint density at radius 1 is 1.17 bits per heavy atom. The van der Waals surface area contributed by atoms with E-state index in [1.165, 1.54) is 17.3 Å². The number of aryl methyl sites for hydroxylation is 2. The third-order valence-electron chi connectivity index (χ3n) is 4.98. The summed E-state index contributed by atoms with van der Waals surface area (Å²) in [6, 6.07) is 10.2. The summed E-state index contributed by atoms with van der Waals surface area (Å²) in [5.41, 5.74) is 4.88.